The van der Waals surface area contributed by atoms with Crippen molar-refractivity contribution in [3.05, 3.63) is 53.7 Å². The fourth-order valence-electron chi connectivity index (χ4n) is 2.65. The Bertz CT molecular complexity index is 639. The molecule has 3 nitrogen and oxygen atoms in total. The zero-order chi connectivity index (χ0) is 13.9. The molecule has 102 valence electrons. The summed E-state index contributed by atoms with van der Waals surface area (Å²) in [5.74, 6) is 0.921. The number of aromatic nitrogens is 1. The third-order valence-corrected chi connectivity index (χ3v) is 3.90. The topological polar surface area (TPSA) is 42.1 Å². The van der Waals surface area contributed by atoms with Gasteiger partial charge in [0.1, 0.15) is 10.8 Å². The number of nitrogens with zero attached hydrogens (tertiary/aromatic N) is 2. The monoisotopic (exact) mass is 283 g/mol. The molecule has 2 heterocycles. The Labute approximate surface area is 124 Å². The molecule has 0 fully saturated rings. The van der Waals surface area contributed by atoms with E-state index in [1.165, 1.54) is 17.7 Å². The molecular formula is C16H17N3S. The first kappa shape index (κ1) is 13.1. The van der Waals surface area contributed by atoms with E-state index in [4.69, 9.17) is 18.0 Å². The van der Waals surface area contributed by atoms with Gasteiger partial charge in [-0.15, -0.1) is 0 Å². The summed E-state index contributed by atoms with van der Waals surface area (Å²) >= 11 is 5.06. The normalized spacial score (nSPS) is 14.5. The van der Waals surface area contributed by atoms with E-state index in [1.807, 2.05) is 12.1 Å². The van der Waals surface area contributed by atoms with Crippen LogP contribution in [0.25, 0.3) is 0 Å². The van der Waals surface area contributed by atoms with Gasteiger partial charge in [0.2, 0.25) is 0 Å². The lowest BCUT2D eigenvalue weighted by atomic mass is 10.1. The molecule has 0 saturated carbocycles. The van der Waals surface area contributed by atoms with E-state index in [1.54, 1.807) is 6.20 Å². The first-order valence-corrected chi connectivity index (χ1v) is 7.28. The maximum absolute atomic E-state index is 5.72. The van der Waals surface area contributed by atoms with Gasteiger partial charge >= 0.3 is 0 Å². The lowest BCUT2D eigenvalue weighted by molar-refractivity contribution is 0.758. The van der Waals surface area contributed by atoms with Gasteiger partial charge in [-0.25, -0.2) is 4.98 Å². The highest BCUT2D eigenvalue weighted by molar-refractivity contribution is 7.80. The first-order chi connectivity index (χ1) is 9.75. The van der Waals surface area contributed by atoms with Gasteiger partial charge in [-0.1, -0.05) is 30.4 Å². The second-order valence-electron chi connectivity index (χ2n) is 5.00. The molecule has 4 heteroatoms. The van der Waals surface area contributed by atoms with E-state index < -0.39 is 0 Å². The fourth-order valence-corrected chi connectivity index (χ4v) is 2.78. The van der Waals surface area contributed by atoms with Crippen molar-refractivity contribution in [1.29, 1.82) is 0 Å². The number of aryl methyl sites for hydroxylation is 1. The van der Waals surface area contributed by atoms with Gasteiger partial charge < -0.3 is 10.6 Å². The maximum atomic E-state index is 5.72. The molecular weight excluding hydrogens is 266 g/mol. The van der Waals surface area contributed by atoms with Crippen LogP contribution in [-0.4, -0.2) is 16.5 Å². The van der Waals surface area contributed by atoms with Crippen LogP contribution in [0.15, 0.2) is 42.6 Å². The number of anilines is 2. The Balaban J connectivity index is 2.05. The third kappa shape index (κ3) is 2.51. The van der Waals surface area contributed by atoms with Crippen molar-refractivity contribution in [3.8, 4) is 0 Å². The second-order valence-corrected chi connectivity index (χ2v) is 5.44. The van der Waals surface area contributed by atoms with Crippen LogP contribution in [0, 0.1) is 0 Å². The minimum absolute atomic E-state index is 0.414. The Kier molecular flexibility index (Phi) is 3.65. The Morgan fingerprint density at radius 3 is 2.90 bits per heavy atom. The van der Waals surface area contributed by atoms with Crippen LogP contribution >= 0.6 is 12.2 Å². The van der Waals surface area contributed by atoms with Crippen molar-refractivity contribution in [2.75, 3.05) is 11.4 Å². The van der Waals surface area contributed by atoms with Gasteiger partial charge in [0.25, 0.3) is 0 Å². The third-order valence-electron chi connectivity index (χ3n) is 3.67. The van der Waals surface area contributed by atoms with Crippen molar-refractivity contribution in [1.82, 2.24) is 4.98 Å². The highest BCUT2D eigenvalue weighted by atomic mass is 32.1. The predicted molar refractivity (Wildman–Crippen MR) is 86.5 cm³/mol. The van der Waals surface area contributed by atoms with E-state index in [0.717, 1.165) is 30.8 Å². The van der Waals surface area contributed by atoms with Gasteiger partial charge in [-0.05, 0) is 43.0 Å². The summed E-state index contributed by atoms with van der Waals surface area (Å²) in [6.07, 6.45) is 5.27. The molecule has 0 bridgehead atoms. The summed E-state index contributed by atoms with van der Waals surface area (Å²) in [7, 11) is 0. The summed E-state index contributed by atoms with van der Waals surface area (Å²) in [4.78, 5) is 7.18. The van der Waals surface area contributed by atoms with Gasteiger partial charge in [-0.3, -0.25) is 0 Å². The minimum atomic E-state index is 0.414. The number of rotatable bonds is 2. The van der Waals surface area contributed by atoms with E-state index in [-0.39, 0.29) is 0 Å². The second kappa shape index (κ2) is 5.59. The Hall–Kier alpha value is -1.94. The standard InChI is InChI=1S/C16H17N3S/c17-16(20)13-8-9-18-15(11-13)19-10-4-3-6-12-5-1-2-7-14(12)19/h1-2,5,7-9,11H,3-4,6,10H2,(H2,17,20). The van der Waals surface area contributed by atoms with Crippen LogP contribution in [0.1, 0.15) is 24.0 Å². The fraction of sp³-hybridized carbons (Fsp3) is 0.250. The van der Waals surface area contributed by atoms with Crippen molar-refractivity contribution >= 4 is 28.7 Å². The Morgan fingerprint density at radius 1 is 1.20 bits per heavy atom. The smallest absolute Gasteiger partial charge is 0.133 e. The molecule has 1 aliphatic rings. The van der Waals surface area contributed by atoms with E-state index in [0.29, 0.717) is 4.99 Å². The maximum Gasteiger partial charge on any atom is 0.133 e. The summed E-state index contributed by atoms with van der Waals surface area (Å²) < 4.78 is 0. The molecule has 2 N–H and O–H groups in total. The molecule has 0 amide bonds. The molecule has 0 unspecified atom stereocenters. The number of nitrogens with two attached hydrogens (primary N) is 1. The number of benzene rings is 1. The van der Waals surface area contributed by atoms with Crippen molar-refractivity contribution in [3.63, 3.8) is 0 Å². The molecule has 20 heavy (non-hydrogen) atoms. The van der Waals surface area contributed by atoms with Crippen LogP contribution in [0.2, 0.25) is 0 Å². The minimum Gasteiger partial charge on any atom is -0.389 e. The molecule has 1 aliphatic heterocycles. The molecule has 0 atom stereocenters. The molecule has 1 aromatic carbocycles. The largest absolute Gasteiger partial charge is 0.389 e. The van der Waals surface area contributed by atoms with E-state index >= 15 is 0 Å². The number of fused-ring (bicyclic) bond motifs is 1. The molecule has 0 aliphatic carbocycles. The van der Waals surface area contributed by atoms with E-state index in [9.17, 15) is 0 Å². The molecule has 2 aromatic rings. The number of pyridine rings is 1. The average molecular weight is 283 g/mol. The highest BCUT2D eigenvalue weighted by Crippen LogP contribution is 2.31. The van der Waals surface area contributed by atoms with Gasteiger partial charge in [0.05, 0.1) is 0 Å². The first-order valence-electron chi connectivity index (χ1n) is 6.87. The zero-order valence-electron chi connectivity index (χ0n) is 11.2. The summed E-state index contributed by atoms with van der Waals surface area (Å²) in [6, 6.07) is 12.4. The predicted octanol–water partition coefficient (Wildman–Crippen LogP) is 3.19. The van der Waals surface area contributed by atoms with Crippen molar-refractivity contribution in [2.45, 2.75) is 19.3 Å². The van der Waals surface area contributed by atoms with Crippen LogP contribution in [0.5, 0.6) is 0 Å². The molecule has 0 saturated heterocycles. The SMILES string of the molecule is NC(=S)c1ccnc(N2CCCCc3ccccc32)c1. The molecule has 0 spiro atoms. The molecule has 1 aromatic heterocycles. The lowest BCUT2D eigenvalue weighted by Crippen LogP contribution is -2.20. The van der Waals surface area contributed by atoms with Crippen LogP contribution in [0.4, 0.5) is 11.5 Å². The molecule has 3 rings (SSSR count). The van der Waals surface area contributed by atoms with Gasteiger partial charge in [0.15, 0.2) is 0 Å². The quantitative estimate of drug-likeness (QED) is 0.860. The number of hydrogen-bond acceptors (Lipinski definition) is 3. The average Bonchev–Trinajstić information content (AvgIpc) is 2.69. The van der Waals surface area contributed by atoms with Gasteiger partial charge in [-0.2, -0.15) is 0 Å². The molecule has 0 radical (unpaired) electrons. The van der Waals surface area contributed by atoms with Crippen molar-refractivity contribution in [2.24, 2.45) is 5.73 Å². The highest BCUT2D eigenvalue weighted by Gasteiger charge is 2.17. The van der Waals surface area contributed by atoms with E-state index in [2.05, 4.69) is 34.1 Å². The van der Waals surface area contributed by atoms with Crippen LogP contribution < -0.4 is 10.6 Å². The number of para-hydroxylation sites is 1. The summed E-state index contributed by atoms with van der Waals surface area (Å²) in [5, 5.41) is 0. The zero-order valence-corrected chi connectivity index (χ0v) is 12.1. The van der Waals surface area contributed by atoms with Crippen LogP contribution in [-0.2, 0) is 6.42 Å². The summed E-state index contributed by atoms with van der Waals surface area (Å²) in [6.45, 7) is 0.977. The number of thiocarbonyl (C=S) groups is 1. The van der Waals surface area contributed by atoms with Gasteiger partial charge in [0, 0.05) is 24.0 Å². The lowest BCUT2D eigenvalue weighted by Gasteiger charge is -2.24. The summed E-state index contributed by atoms with van der Waals surface area (Å²) in [5.41, 5.74) is 9.22. The van der Waals surface area contributed by atoms with Crippen LogP contribution in [0.3, 0.4) is 0 Å². The van der Waals surface area contributed by atoms with Crippen molar-refractivity contribution < 1.29 is 0 Å². The number of hydrogen-bond donors (Lipinski definition) is 1. The Morgan fingerprint density at radius 2 is 2.05 bits per heavy atom.